The highest BCUT2D eigenvalue weighted by Gasteiger charge is 2.20. The fourth-order valence-electron chi connectivity index (χ4n) is 3.76. The van der Waals surface area contributed by atoms with Crippen LogP contribution in [0.15, 0.2) is 84.9 Å². The summed E-state index contributed by atoms with van der Waals surface area (Å²) < 4.78 is 5.42. The zero-order valence-electron chi connectivity index (χ0n) is 18.7. The zero-order valence-corrected chi connectivity index (χ0v) is 18.7. The van der Waals surface area contributed by atoms with Gasteiger partial charge in [-0.3, -0.25) is 4.79 Å². The number of rotatable bonds is 10. The Bertz CT molecular complexity index is 1180. The van der Waals surface area contributed by atoms with Crippen molar-refractivity contribution in [1.82, 2.24) is 15.3 Å². The Morgan fingerprint density at radius 3 is 2.36 bits per heavy atom. The summed E-state index contributed by atoms with van der Waals surface area (Å²) in [5.74, 6) is 1.11. The lowest BCUT2D eigenvalue weighted by Gasteiger charge is -2.16. The second kappa shape index (κ2) is 11.2. The van der Waals surface area contributed by atoms with Crippen LogP contribution in [0.3, 0.4) is 0 Å². The van der Waals surface area contributed by atoms with Crippen LogP contribution in [0, 0.1) is 0 Å². The number of anilines is 1. The minimum absolute atomic E-state index is 0.217. The predicted octanol–water partition coefficient (Wildman–Crippen LogP) is 4.68. The van der Waals surface area contributed by atoms with E-state index in [1.165, 1.54) is 12.7 Å². The van der Waals surface area contributed by atoms with Crippen molar-refractivity contribution in [2.45, 2.75) is 25.5 Å². The maximum atomic E-state index is 12.7. The Morgan fingerprint density at radius 1 is 0.909 bits per heavy atom. The molecule has 0 aliphatic rings. The van der Waals surface area contributed by atoms with Crippen LogP contribution in [0.1, 0.15) is 29.5 Å². The standard InChI is InChI=1S/C27H28N4O2/c1-33-25(21-14-6-3-7-15-21)27(32)29-19-24-30-23-17-9-8-16-22(23)26(31-24)28-18-10-13-20-11-4-2-5-12-20/h2-9,11-12,14-17,25H,10,13,18-19H2,1H3,(H,29,32)(H,28,30,31)/t25-/m1/s1. The van der Waals surface area contributed by atoms with E-state index < -0.39 is 6.10 Å². The maximum Gasteiger partial charge on any atom is 0.254 e. The van der Waals surface area contributed by atoms with E-state index in [-0.39, 0.29) is 12.5 Å². The van der Waals surface area contributed by atoms with Crippen molar-refractivity contribution in [1.29, 1.82) is 0 Å². The topological polar surface area (TPSA) is 76.1 Å². The van der Waals surface area contributed by atoms with Gasteiger partial charge in [0, 0.05) is 19.0 Å². The number of para-hydroxylation sites is 1. The summed E-state index contributed by atoms with van der Waals surface area (Å²) in [6, 6.07) is 27.8. The lowest BCUT2D eigenvalue weighted by atomic mass is 10.1. The number of methoxy groups -OCH3 is 1. The zero-order chi connectivity index (χ0) is 22.9. The van der Waals surface area contributed by atoms with Crippen LogP contribution in [-0.4, -0.2) is 29.5 Å². The molecule has 0 aliphatic carbocycles. The maximum absolute atomic E-state index is 12.7. The van der Waals surface area contributed by atoms with Crippen molar-refractivity contribution in [3.8, 4) is 0 Å². The number of nitrogens with zero attached hydrogens (tertiary/aromatic N) is 2. The van der Waals surface area contributed by atoms with E-state index in [1.807, 2.05) is 60.7 Å². The number of amides is 1. The Balaban J connectivity index is 1.42. The van der Waals surface area contributed by atoms with Gasteiger partial charge in [0.1, 0.15) is 5.82 Å². The van der Waals surface area contributed by atoms with E-state index in [4.69, 9.17) is 9.72 Å². The van der Waals surface area contributed by atoms with Crippen molar-refractivity contribution in [2.75, 3.05) is 19.0 Å². The molecule has 0 bridgehead atoms. The van der Waals surface area contributed by atoms with Crippen LogP contribution in [0.4, 0.5) is 5.82 Å². The summed E-state index contributed by atoms with van der Waals surface area (Å²) in [5.41, 5.74) is 2.97. The van der Waals surface area contributed by atoms with E-state index >= 15 is 0 Å². The van der Waals surface area contributed by atoms with Crippen LogP contribution < -0.4 is 10.6 Å². The molecule has 0 saturated carbocycles. The normalized spacial score (nSPS) is 11.8. The second-order valence-electron chi connectivity index (χ2n) is 7.77. The third kappa shape index (κ3) is 5.93. The fraction of sp³-hybridized carbons (Fsp3) is 0.222. The number of hydrogen-bond donors (Lipinski definition) is 2. The molecule has 1 amide bonds. The first-order valence-corrected chi connectivity index (χ1v) is 11.1. The molecule has 4 aromatic rings. The largest absolute Gasteiger partial charge is 0.369 e. The molecule has 0 fully saturated rings. The van der Waals surface area contributed by atoms with Gasteiger partial charge in [-0.15, -0.1) is 0 Å². The average molecular weight is 441 g/mol. The molecule has 6 heteroatoms. The van der Waals surface area contributed by atoms with Crippen molar-refractivity contribution >= 4 is 22.6 Å². The number of nitrogens with one attached hydrogen (secondary N) is 2. The van der Waals surface area contributed by atoms with Crippen molar-refractivity contribution in [3.63, 3.8) is 0 Å². The molecule has 2 N–H and O–H groups in total. The Labute approximate surface area is 194 Å². The first-order valence-electron chi connectivity index (χ1n) is 11.1. The van der Waals surface area contributed by atoms with Crippen molar-refractivity contribution in [2.24, 2.45) is 0 Å². The van der Waals surface area contributed by atoms with E-state index in [9.17, 15) is 4.79 Å². The number of carbonyl (C=O) groups is 1. The van der Waals surface area contributed by atoms with Gasteiger partial charge in [0.05, 0.1) is 12.1 Å². The molecular formula is C27H28N4O2. The molecular weight excluding hydrogens is 412 g/mol. The molecule has 0 spiro atoms. The molecule has 0 aliphatic heterocycles. The quantitative estimate of drug-likeness (QED) is 0.350. The van der Waals surface area contributed by atoms with E-state index in [0.717, 1.165) is 41.7 Å². The Morgan fingerprint density at radius 2 is 1.61 bits per heavy atom. The summed E-state index contributed by atoms with van der Waals surface area (Å²) in [6.45, 7) is 1.01. The number of fused-ring (bicyclic) bond motifs is 1. The minimum atomic E-state index is -0.678. The second-order valence-corrected chi connectivity index (χ2v) is 7.77. The summed E-state index contributed by atoms with van der Waals surface area (Å²) in [7, 11) is 1.53. The highest BCUT2D eigenvalue weighted by atomic mass is 16.5. The number of ether oxygens (including phenoxy) is 1. The number of carbonyl (C=O) groups excluding carboxylic acids is 1. The lowest BCUT2D eigenvalue weighted by molar-refractivity contribution is -0.131. The van der Waals surface area contributed by atoms with Crippen molar-refractivity contribution in [3.05, 3.63) is 102 Å². The molecule has 3 aromatic carbocycles. The molecule has 0 saturated heterocycles. The molecule has 4 rings (SSSR count). The van der Waals surface area contributed by atoms with Gasteiger partial charge in [-0.1, -0.05) is 72.8 Å². The first kappa shape index (κ1) is 22.4. The van der Waals surface area contributed by atoms with E-state index in [2.05, 4.69) is 39.9 Å². The van der Waals surface area contributed by atoms with Gasteiger partial charge in [0.2, 0.25) is 0 Å². The SMILES string of the molecule is CO[C@@H](C(=O)NCc1nc(NCCCc2ccccc2)c2ccccc2n1)c1ccccc1. The number of benzene rings is 3. The van der Waals surface area contributed by atoms with Gasteiger partial charge in [0.15, 0.2) is 11.9 Å². The molecule has 1 heterocycles. The van der Waals surface area contributed by atoms with Crippen molar-refractivity contribution < 1.29 is 9.53 Å². The Hall–Kier alpha value is -3.77. The highest BCUT2D eigenvalue weighted by Crippen LogP contribution is 2.21. The number of aryl methyl sites for hydroxylation is 1. The molecule has 1 atom stereocenters. The monoisotopic (exact) mass is 440 g/mol. The van der Waals surface area contributed by atoms with Gasteiger partial charge >= 0.3 is 0 Å². The predicted molar refractivity (Wildman–Crippen MR) is 131 cm³/mol. The lowest BCUT2D eigenvalue weighted by Crippen LogP contribution is -2.30. The van der Waals surface area contributed by atoms with Crippen LogP contribution >= 0.6 is 0 Å². The van der Waals surface area contributed by atoms with Crippen LogP contribution in [0.5, 0.6) is 0 Å². The molecule has 33 heavy (non-hydrogen) atoms. The molecule has 0 unspecified atom stereocenters. The number of aromatic nitrogens is 2. The fourth-order valence-corrected chi connectivity index (χ4v) is 3.76. The van der Waals surface area contributed by atoms with Gasteiger partial charge in [-0.2, -0.15) is 0 Å². The molecule has 0 radical (unpaired) electrons. The molecule has 1 aromatic heterocycles. The summed E-state index contributed by atoms with van der Waals surface area (Å²) in [5, 5.41) is 7.33. The summed E-state index contributed by atoms with van der Waals surface area (Å²) >= 11 is 0. The van der Waals surface area contributed by atoms with Gasteiger partial charge in [-0.25, -0.2) is 9.97 Å². The highest BCUT2D eigenvalue weighted by molar-refractivity contribution is 5.89. The average Bonchev–Trinajstić information content (AvgIpc) is 2.87. The third-order valence-electron chi connectivity index (χ3n) is 5.42. The van der Waals surface area contributed by atoms with Gasteiger partial charge in [0.25, 0.3) is 5.91 Å². The van der Waals surface area contributed by atoms with Crippen LogP contribution in [0.2, 0.25) is 0 Å². The van der Waals surface area contributed by atoms with E-state index in [0.29, 0.717) is 5.82 Å². The van der Waals surface area contributed by atoms with E-state index in [1.54, 1.807) is 0 Å². The Kier molecular flexibility index (Phi) is 7.61. The smallest absolute Gasteiger partial charge is 0.254 e. The summed E-state index contributed by atoms with van der Waals surface area (Å²) in [4.78, 5) is 22.1. The third-order valence-corrected chi connectivity index (χ3v) is 5.42. The molecule has 6 nitrogen and oxygen atoms in total. The molecule has 168 valence electrons. The van der Waals surface area contributed by atoms with Crippen LogP contribution in [0.25, 0.3) is 10.9 Å². The number of hydrogen-bond acceptors (Lipinski definition) is 5. The van der Waals surface area contributed by atoms with Crippen LogP contribution in [-0.2, 0) is 22.5 Å². The van der Waals surface area contributed by atoms with Gasteiger partial charge in [-0.05, 0) is 36.1 Å². The minimum Gasteiger partial charge on any atom is -0.369 e. The summed E-state index contributed by atoms with van der Waals surface area (Å²) in [6.07, 6.45) is 1.31. The first-order chi connectivity index (χ1) is 16.2. The van der Waals surface area contributed by atoms with Gasteiger partial charge < -0.3 is 15.4 Å².